The summed E-state index contributed by atoms with van der Waals surface area (Å²) in [5, 5.41) is 3.03. The number of hydrogen-bond donors (Lipinski definition) is 1. The highest BCUT2D eigenvalue weighted by Gasteiger charge is 2.10. The zero-order valence-corrected chi connectivity index (χ0v) is 14.4. The van der Waals surface area contributed by atoms with Gasteiger partial charge in [-0.15, -0.1) is 0 Å². The van der Waals surface area contributed by atoms with E-state index in [1.54, 1.807) is 20.9 Å². The molecule has 0 radical (unpaired) electrons. The summed E-state index contributed by atoms with van der Waals surface area (Å²) in [5.74, 6) is -0.708. The van der Waals surface area contributed by atoms with Crippen LogP contribution in [0.25, 0.3) is 0 Å². The maximum Gasteiger partial charge on any atom is 0.308 e. The van der Waals surface area contributed by atoms with Gasteiger partial charge >= 0.3 is 11.9 Å². The molecule has 0 fully saturated rings. The summed E-state index contributed by atoms with van der Waals surface area (Å²) < 4.78 is 10.2. The fourth-order valence-electron chi connectivity index (χ4n) is 1.60. The summed E-state index contributed by atoms with van der Waals surface area (Å²) in [7, 11) is 1.80. The second-order valence-electron chi connectivity index (χ2n) is 4.78. The first-order valence-corrected chi connectivity index (χ1v) is 7.53. The van der Waals surface area contributed by atoms with Crippen LogP contribution in [0, 0.1) is 5.92 Å². The Labute approximate surface area is 133 Å². The Morgan fingerprint density at radius 1 is 1.14 bits per heavy atom. The van der Waals surface area contributed by atoms with E-state index in [0.29, 0.717) is 0 Å². The van der Waals surface area contributed by atoms with Crippen molar-refractivity contribution in [2.24, 2.45) is 5.92 Å². The van der Waals surface area contributed by atoms with Crippen LogP contribution in [0.4, 0.5) is 5.69 Å². The second-order valence-corrected chi connectivity index (χ2v) is 4.78. The summed E-state index contributed by atoms with van der Waals surface area (Å²) >= 11 is 0. The van der Waals surface area contributed by atoms with Gasteiger partial charge in [-0.05, 0) is 17.7 Å². The topological polar surface area (TPSA) is 64.6 Å². The predicted octanol–water partition coefficient (Wildman–Crippen LogP) is 3.52. The average molecular weight is 309 g/mol. The fraction of sp³-hybridized carbons (Fsp3) is 0.529. The van der Waals surface area contributed by atoms with E-state index in [2.05, 4.69) is 5.32 Å². The van der Waals surface area contributed by atoms with Crippen molar-refractivity contribution in [2.75, 3.05) is 12.4 Å². The van der Waals surface area contributed by atoms with Crippen LogP contribution in [-0.4, -0.2) is 19.0 Å². The largest absolute Gasteiger partial charge is 0.461 e. The molecule has 0 saturated heterocycles. The van der Waals surface area contributed by atoms with Crippen LogP contribution < -0.4 is 5.32 Å². The van der Waals surface area contributed by atoms with Crippen molar-refractivity contribution < 1.29 is 19.1 Å². The summed E-state index contributed by atoms with van der Waals surface area (Å²) in [6, 6.07) is 5.61. The van der Waals surface area contributed by atoms with Gasteiger partial charge in [-0.25, -0.2) is 0 Å². The smallest absolute Gasteiger partial charge is 0.308 e. The monoisotopic (exact) mass is 309 g/mol. The Kier molecular flexibility index (Phi) is 9.67. The Morgan fingerprint density at radius 3 is 2.27 bits per heavy atom. The number of anilines is 1. The lowest BCUT2D eigenvalue weighted by molar-refractivity contribution is -0.148. The van der Waals surface area contributed by atoms with Gasteiger partial charge in [0.15, 0.2) is 0 Å². The van der Waals surface area contributed by atoms with Gasteiger partial charge in [-0.1, -0.05) is 33.8 Å². The maximum atomic E-state index is 11.4. The summed E-state index contributed by atoms with van der Waals surface area (Å²) in [6.45, 7) is 9.36. The SMILES string of the molecule is CC.CNc1ccc(COC(=O)C(C)C)cc1COC(C)=O. The number of carbonyl (C=O) groups is 2. The van der Waals surface area contributed by atoms with Crippen LogP contribution >= 0.6 is 0 Å². The van der Waals surface area contributed by atoms with Gasteiger partial charge in [0.1, 0.15) is 13.2 Å². The normalized spacial score (nSPS) is 9.59. The molecule has 0 bridgehead atoms. The highest BCUT2D eigenvalue weighted by Crippen LogP contribution is 2.19. The van der Waals surface area contributed by atoms with E-state index in [1.807, 2.05) is 32.0 Å². The van der Waals surface area contributed by atoms with Crippen molar-refractivity contribution in [3.63, 3.8) is 0 Å². The van der Waals surface area contributed by atoms with Crippen molar-refractivity contribution in [3.8, 4) is 0 Å². The second kappa shape index (κ2) is 10.7. The summed E-state index contributed by atoms with van der Waals surface area (Å²) in [5.41, 5.74) is 2.59. The van der Waals surface area contributed by atoms with Crippen molar-refractivity contribution in [3.05, 3.63) is 29.3 Å². The minimum absolute atomic E-state index is 0.146. The zero-order valence-electron chi connectivity index (χ0n) is 14.4. The molecule has 0 spiro atoms. The van der Waals surface area contributed by atoms with Gasteiger partial charge in [-0.3, -0.25) is 9.59 Å². The number of rotatable bonds is 6. The first-order chi connectivity index (χ1) is 10.4. The number of ether oxygens (including phenoxy) is 2. The minimum atomic E-state index is -0.330. The van der Waals surface area contributed by atoms with Gasteiger partial charge in [0.05, 0.1) is 5.92 Å². The van der Waals surface area contributed by atoms with E-state index < -0.39 is 0 Å². The van der Waals surface area contributed by atoms with E-state index >= 15 is 0 Å². The molecule has 1 aromatic carbocycles. The molecule has 124 valence electrons. The van der Waals surface area contributed by atoms with Crippen LogP contribution in [0.5, 0.6) is 0 Å². The Hall–Kier alpha value is -2.04. The quantitative estimate of drug-likeness (QED) is 0.815. The van der Waals surface area contributed by atoms with Crippen molar-refractivity contribution in [1.29, 1.82) is 0 Å². The lowest BCUT2D eigenvalue weighted by Gasteiger charge is -2.12. The molecule has 0 aliphatic rings. The molecule has 5 nitrogen and oxygen atoms in total. The van der Waals surface area contributed by atoms with Gasteiger partial charge in [-0.2, -0.15) is 0 Å². The molecule has 0 atom stereocenters. The Balaban J connectivity index is 0.00000211. The van der Waals surface area contributed by atoms with Crippen molar-refractivity contribution in [1.82, 2.24) is 0 Å². The highest BCUT2D eigenvalue weighted by atomic mass is 16.5. The first kappa shape index (κ1) is 20.0. The molecule has 0 aliphatic heterocycles. The summed E-state index contributed by atoms with van der Waals surface area (Å²) in [4.78, 5) is 22.3. The molecule has 0 saturated carbocycles. The Bertz CT molecular complexity index is 484. The molecule has 0 heterocycles. The third kappa shape index (κ3) is 7.11. The third-order valence-electron chi connectivity index (χ3n) is 2.72. The molecule has 1 aromatic rings. The van der Waals surface area contributed by atoms with Crippen molar-refractivity contribution >= 4 is 17.6 Å². The third-order valence-corrected chi connectivity index (χ3v) is 2.72. The van der Waals surface area contributed by atoms with Crippen LogP contribution in [0.15, 0.2) is 18.2 Å². The van der Waals surface area contributed by atoms with Gasteiger partial charge < -0.3 is 14.8 Å². The van der Waals surface area contributed by atoms with Crippen LogP contribution in [0.1, 0.15) is 45.7 Å². The van der Waals surface area contributed by atoms with E-state index in [-0.39, 0.29) is 31.1 Å². The predicted molar refractivity (Wildman–Crippen MR) is 87.4 cm³/mol. The lowest BCUT2D eigenvalue weighted by atomic mass is 10.1. The molecule has 5 heteroatoms. The van der Waals surface area contributed by atoms with Gasteiger partial charge in [0.25, 0.3) is 0 Å². The molecular formula is C17H27NO4. The lowest BCUT2D eigenvalue weighted by Crippen LogP contribution is -2.11. The highest BCUT2D eigenvalue weighted by molar-refractivity contribution is 5.71. The number of benzene rings is 1. The zero-order chi connectivity index (χ0) is 17.1. The molecule has 22 heavy (non-hydrogen) atoms. The van der Waals surface area contributed by atoms with Crippen molar-refractivity contribution in [2.45, 2.75) is 47.8 Å². The van der Waals surface area contributed by atoms with Crippen LogP contribution in [0.3, 0.4) is 0 Å². The number of nitrogens with one attached hydrogen (secondary N) is 1. The molecule has 1 rings (SSSR count). The van der Waals surface area contributed by atoms with Crippen LogP contribution in [0.2, 0.25) is 0 Å². The fourth-order valence-corrected chi connectivity index (χ4v) is 1.60. The molecule has 0 amide bonds. The molecule has 0 aliphatic carbocycles. The minimum Gasteiger partial charge on any atom is -0.461 e. The first-order valence-electron chi connectivity index (χ1n) is 7.53. The van der Waals surface area contributed by atoms with Gasteiger partial charge in [0, 0.05) is 25.2 Å². The van der Waals surface area contributed by atoms with E-state index in [0.717, 1.165) is 16.8 Å². The number of hydrogen-bond acceptors (Lipinski definition) is 5. The Morgan fingerprint density at radius 2 is 1.77 bits per heavy atom. The number of esters is 2. The number of carbonyl (C=O) groups excluding carboxylic acids is 2. The molecular weight excluding hydrogens is 282 g/mol. The van der Waals surface area contributed by atoms with Crippen LogP contribution in [-0.2, 0) is 32.3 Å². The van der Waals surface area contributed by atoms with E-state index in [1.165, 1.54) is 6.92 Å². The van der Waals surface area contributed by atoms with Gasteiger partial charge in [0.2, 0.25) is 0 Å². The summed E-state index contributed by atoms with van der Waals surface area (Å²) in [6.07, 6.45) is 0. The van der Waals surface area contributed by atoms with E-state index in [4.69, 9.17) is 9.47 Å². The average Bonchev–Trinajstić information content (AvgIpc) is 2.52. The molecule has 0 aromatic heterocycles. The van der Waals surface area contributed by atoms with E-state index in [9.17, 15) is 9.59 Å². The molecule has 1 N–H and O–H groups in total. The molecule has 0 unspecified atom stereocenters. The standard InChI is InChI=1S/C15H21NO4.C2H6/c1-10(2)15(18)20-8-12-5-6-14(16-4)13(7-12)9-19-11(3)17;1-2/h5-7,10,16H,8-9H2,1-4H3;1-2H3. The maximum absolute atomic E-state index is 11.4.